The number of nitrogens with two attached hydrogens (primary N) is 1. The fourth-order valence-electron chi connectivity index (χ4n) is 2.89. The summed E-state index contributed by atoms with van der Waals surface area (Å²) in [5.74, 6) is -2.70. The van der Waals surface area contributed by atoms with Gasteiger partial charge in [0.15, 0.2) is 10.8 Å². The number of nitrogen functional groups attached to an aromatic ring is 1. The molecule has 1 aromatic heterocycles. The first-order valence-electron chi connectivity index (χ1n) is 8.64. The van der Waals surface area contributed by atoms with Crippen LogP contribution in [0.1, 0.15) is 5.69 Å². The molecular formula is C16H18N6O7S2. The average Bonchev–Trinajstić information content (AvgIpc) is 3.15. The standard InChI is InChI=1S/C16H18N6O7S2/c1-21(2)16(27)29-3-6-4-30-13-9(12(24)22(13)10(6)14(25)26)19-11(23)8(20-28)7-5-31-15(17)18-7/h5,9,13,28H,3-4H2,1-2H3,(H2,17,18)(H,19,23)(H,25,26)/b20-8-/t9-,13-/m1/s1. The molecule has 0 aliphatic carbocycles. The van der Waals surface area contributed by atoms with Crippen LogP contribution in [0.15, 0.2) is 21.8 Å². The van der Waals surface area contributed by atoms with Gasteiger partial charge in [-0.25, -0.2) is 14.6 Å². The summed E-state index contributed by atoms with van der Waals surface area (Å²) in [6.45, 7) is -0.286. The molecule has 31 heavy (non-hydrogen) atoms. The number of hydrogen-bond acceptors (Lipinski definition) is 11. The first-order chi connectivity index (χ1) is 14.6. The summed E-state index contributed by atoms with van der Waals surface area (Å²) >= 11 is 2.24. The highest BCUT2D eigenvalue weighted by Crippen LogP contribution is 2.40. The summed E-state index contributed by atoms with van der Waals surface area (Å²) < 4.78 is 5.04. The number of anilines is 1. The molecule has 2 atom stereocenters. The van der Waals surface area contributed by atoms with Crippen LogP contribution in [0.2, 0.25) is 0 Å². The Morgan fingerprint density at radius 3 is 2.71 bits per heavy atom. The molecule has 15 heteroatoms. The SMILES string of the molecule is CN(C)C(=O)OCC1=C(C(=O)O)N2C(=O)[C@@H](NC(=O)/C(=N\O)c3csc(N)n3)[C@H]2SC1. The van der Waals surface area contributed by atoms with Crippen LogP contribution in [-0.2, 0) is 19.1 Å². The fourth-order valence-corrected chi connectivity index (χ4v) is 4.77. The number of hydrogen-bond donors (Lipinski definition) is 4. The number of thioether (sulfide) groups is 1. The Balaban J connectivity index is 1.74. The van der Waals surface area contributed by atoms with E-state index in [9.17, 15) is 29.5 Å². The number of nitrogens with zero attached hydrogens (tertiary/aromatic N) is 4. The van der Waals surface area contributed by atoms with E-state index in [1.807, 2.05) is 0 Å². The number of fused-ring (bicyclic) bond motifs is 1. The van der Waals surface area contributed by atoms with E-state index in [-0.39, 0.29) is 34.5 Å². The van der Waals surface area contributed by atoms with Crippen molar-refractivity contribution in [3.63, 3.8) is 0 Å². The van der Waals surface area contributed by atoms with Crippen molar-refractivity contribution in [3.05, 3.63) is 22.3 Å². The monoisotopic (exact) mass is 470 g/mol. The highest BCUT2D eigenvalue weighted by molar-refractivity contribution is 8.00. The summed E-state index contributed by atoms with van der Waals surface area (Å²) in [5.41, 5.74) is 5.11. The Bertz CT molecular complexity index is 1000. The number of thiazole rings is 1. The molecule has 0 spiro atoms. The maximum absolute atomic E-state index is 12.6. The molecule has 0 saturated carbocycles. The van der Waals surface area contributed by atoms with Gasteiger partial charge in [0.05, 0.1) is 0 Å². The van der Waals surface area contributed by atoms with Gasteiger partial charge in [-0.2, -0.15) is 0 Å². The average molecular weight is 470 g/mol. The van der Waals surface area contributed by atoms with Gasteiger partial charge in [-0.3, -0.25) is 14.5 Å². The number of carbonyl (C=O) groups excluding carboxylic acids is 3. The van der Waals surface area contributed by atoms with E-state index in [4.69, 9.17) is 10.5 Å². The Labute approximate surface area is 183 Å². The molecule has 0 aromatic carbocycles. The van der Waals surface area contributed by atoms with E-state index in [0.29, 0.717) is 0 Å². The largest absolute Gasteiger partial charge is 0.477 e. The highest BCUT2D eigenvalue weighted by atomic mass is 32.2. The molecular weight excluding hydrogens is 452 g/mol. The van der Waals surface area contributed by atoms with Crippen molar-refractivity contribution in [2.24, 2.45) is 5.16 Å². The lowest BCUT2D eigenvalue weighted by molar-refractivity contribution is -0.150. The molecule has 13 nitrogen and oxygen atoms in total. The van der Waals surface area contributed by atoms with Gasteiger partial charge >= 0.3 is 12.1 Å². The van der Waals surface area contributed by atoms with Gasteiger partial charge in [-0.1, -0.05) is 5.16 Å². The normalized spacial score (nSPS) is 20.6. The minimum absolute atomic E-state index is 0.0403. The Kier molecular flexibility index (Phi) is 6.35. The van der Waals surface area contributed by atoms with Crippen LogP contribution in [-0.4, -0.2) is 92.6 Å². The van der Waals surface area contributed by atoms with E-state index in [2.05, 4.69) is 15.5 Å². The van der Waals surface area contributed by atoms with Crippen molar-refractivity contribution in [2.45, 2.75) is 11.4 Å². The number of aliphatic carboxylic acids is 1. The molecule has 166 valence electrons. The molecule has 2 aliphatic heterocycles. The third-order valence-electron chi connectivity index (χ3n) is 4.35. The lowest BCUT2D eigenvalue weighted by atomic mass is 10.0. The van der Waals surface area contributed by atoms with Gasteiger partial charge in [0.2, 0.25) is 0 Å². The third-order valence-corrected chi connectivity index (χ3v) is 6.36. The summed E-state index contributed by atoms with van der Waals surface area (Å²) in [7, 11) is 2.97. The lowest BCUT2D eigenvalue weighted by Crippen LogP contribution is -2.71. The number of rotatable bonds is 6. The van der Waals surface area contributed by atoms with Gasteiger partial charge in [0, 0.05) is 30.8 Å². The number of amides is 3. The molecule has 0 radical (unpaired) electrons. The molecule has 3 amide bonds. The maximum atomic E-state index is 12.6. The van der Waals surface area contributed by atoms with Gasteiger partial charge in [-0.15, -0.1) is 23.1 Å². The van der Waals surface area contributed by atoms with Crippen LogP contribution < -0.4 is 11.1 Å². The van der Waals surface area contributed by atoms with E-state index in [1.165, 1.54) is 36.1 Å². The number of ether oxygens (including phenoxy) is 1. The van der Waals surface area contributed by atoms with Crippen LogP contribution in [0, 0.1) is 0 Å². The maximum Gasteiger partial charge on any atom is 0.409 e. The number of oxime groups is 1. The van der Waals surface area contributed by atoms with E-state index >= 15 is 0 Å². The van der Waals surface area contributed by atoms with Crippen LogP contribution in [0.5, 0.6) is 0 Å². The second-order valence-electron chi connectivity index (χ2n) is 6.59. The van der Waals surface area contributed by atoms with Crippen molar-refractivity contribution < 1.29 is 34.2 Å². The van der Waals surface area contributed by atoms with Crippen molar-refractivity contribution in [1.29, 1.82) is 0 Å². The van der Waals surface area contributed by atoms with Gasteiger partial charge in [-0.05, 0) is 0 Å². The van der Waals surface area contributed by atoms with E-state index < -0.39 is 41.0 Å². The van der Waals surface area contributed by atoms with Gasteiger partial charge < -0.3 is 31.0 Å². The zero-order chi connectivity index (χ0) is 22.9. The number of carboxylic acids is 1. The molecule has 1 aromatic rings. The predicted molar refractivity (Wildman–Crippen MR) is 110 cm³/mol. The molecule has 5 N–H and O–H groups in total. The number of aromatic nitrogens is 1. The van der Waals surface area contributed by atoms with Crippen molar-refractivity contribution in [1.82, 2.24) is 20.1 Å². The minimum atomic E-state index is -1.35. The smallest absolute Gasteiger partial charge is 0.409 e. The van der Waals surface area contributed by atoms with Crippen LogP contribution in [0.25, 0.3) is 0 Å². The number of β-lactam (4-membered cyclic amide) rings is 1. The lowest BCUT2D eigenvalue weighted by Gasteiger charge is -2.49. The molecule has 3 rings (SSSR count). The van der Waals surface area contributed by atoms with Gasteiger partial charge in [0.1, 0.15) is 29.4 Å². The summed E-state index contributed by atoms with van der Waals surface area (Å²) in [6.07, 6.45) is -0.650. The van der Waals surface area contributed by atoms with E-state index in [1.54, 1.807) is 0 Å². The third kappa shape index (κ3) is 4.27. The molecule has 0 bridgehead atoms. The molecule has 1 saturated heterocycles. The molecule has 3 heterocycles. The topological polar surface area (TPSA) is 188 Å². The van der Waals surface area contributed by atoms with Crippen LogP contribution in [0.4, 0.5) is 9.93 Å². The fraction of sp³-hybridized carbons (Fsp3) is 0.375. The summed E-state index contributed by atoms with van der Waals surface area (Å²) in [4.78, 5) is 54.6. The quantitative estimate of drug-likeness (QED) is 0.180. The zero-order valence-corrected chi connectivity index (χ0v) is 17.9. The number of carbonyl (C=O) groups is 4. The molecule has 2 aliphatic rings. The van der Waals surface area contributed by atoms with Crippen LogP contribution >= 0.6 is 23.1 Å². The second-order valence-corrected chi connectivity index (χ2v) is 8.58. The Morgan fingerprint density at radius 2 is 2.16 bits per heavy atom. The first-order valence-corrected chi connectivity index (χ1v) is 10.6. The van der Waals surface area contributed by atoms with Gasteiger partial charge in [0.25, 0.3) is 11.8 Å². The number of nitrogens with one attached hydrogen (secondary N) is 1. The molecule has 0 unspecified atom stereocenters. The van der Waals surface area contributed by atoms with E-state index in [0.717, 1.165) is 16.2 Å². The summed E-state index contributed by atoms with van der Waals surface area (Å²) in [6, 6.07) is -1.04. The van der Waals surface area contributed by atoms with Crippen LogP contribution in [0.3, 0.4) is 0 Å². The molecule has 1 fully saturated rings. The van der Waals surface area contributed by atoms with Crippen molar-refractivity contribution in [2.75, 3.05) is 32.2 Å². The summed E-state index contributed by atoms with van der Waals surface area (Å²) in [5, 5.41) is 25.0. The Morgan fingerprint density at radius 1 is 1.45 bits per heavy atom. The zero-order valence-electron chi connectivity index (χ0n) is 16.3. The second kappa shape index (κ2) is 8.81. The highest BCUT2D eigenvalue weighted by Gasteiger charge is 2.54. The van der Waals surface area contributed by atoms with Crippen molar-refractivity contribution in [3.8, 4) is 0 Å². The van der Waals surface area contributed by atoms with Crippen molar-refractivity contribution >= 4 is 57.8 Å². The Hall–Kier alpha value is -3.33. The minimum Gasteiger partial charge on any atom is -0.477 e. The predicted octanol–water partition coefficient (Wildman–Crippen LogP) is -0.660. The number of carboxylic acid groups (broad SMARTS) is 1. The first kappa shape index (κ1) is 22.4.